The van der Waals surface area contributed by atoms with E-state index < -0.39 is 70.7 Å². The molecule has 0 saturated carbocycles. The van der Waals surface area contributed by atoms with Gasteiger partial charge in [0, 0.05) is 6.42 Å². The fourth-order valence-corrected chi connectivity index (χ4v) is 4.97. The predicted octanol–water partition coefficient (Wildman–Crippen LogP) is 2.72. The van der Waals surface area contributed by atoms with Crippen molar-refractivity contribution >= 4 is 13.8 Å². The summed E-state index contributed by atoms with van der Waals surface area (Å²) in [6, 6.07) is 0. The Hall–Kier alpha value is -0.660. The average molecular weight is 603 g/mol. The number of phosphoric ester groups is 1. The van der Waals surface area contributed by atoms with Crippen molar-refractivity contribution in [2.45, 2.75) is 140 Å². The molecule has 0 aliphatic rings. The molecule has 0 aromatic heterocycles. The lowest BCUT2D eigenvalue weighted by Gasteiger charge is -2.26. The van der Waals surface area contributed by atoms with Gasteiger partial charge < -0.3 is 40.3 Å². The molecule has 0 fully saturated rings. The molecule has 0 bridgehead atoms. The van der Waals surface area contributed by atoms with Gasteiger partial charge in [0.2, 0.25) is 0 Å². The van der Waals surface area contributed by atoms with Crippen molar-refractivity contribution < 1.29 is 58.7 Å². The fraction of sp³-hybridized carbons (Fsp3) is 0.963. The summed E-state index contributed by atoms with van der Waals surface area (Å²) in [5.41, 5.74) is 0. The average Bonchev–Trinajstić information content (AvgIpc) is 2.94. The minimum Gasteiger partial charge on any atom is -0.463 e. The number of hydrogen-bond acceptors (Lipinski definition) is 11. The Bertz CT molecular complexity index is 653. The summed E-state index contributed by atoms with van der Waals surface area (Å²) in [5.74, 6) is -0.527. The van der Waals surface area contributed by atoms with Gasteiger partial charge in [0.15, 0.2) is 0 Å². The van der Waals surface area contributed by atoms with Crippen molar-refractivity contribution in [1.29, 1.82) is 0 Å². The first-order chi connectivity index (χ1) is 19.1. The van der Waals surface area contributed by atoms with E-state index in [-0.39, 0.29) is 6.42 Å². The van der Waals surface area contributed by atoms with E-state index in [4.69, 9.17) is 14.4 Å². The third kappa shape index (κ3) is 21.1. The molecule has 12 nitrogen and oxygen atoms in total. The molecule has 40 heavy (non-hydrogen) atoms. The highest BCUT2D eigenvalue weighted by atomic mass is 31.2. The van der Waals surface area contributed by atoms with Gasteiger partial charge in [-0.15, -0.1) is 0 Å². The fourth-order valence-electron chi connectivity index (χ4n) is 4.07. The molecule has 0 aromatic rings. The minimum absolute atomic E-state index is 0.176. The summed E-state index contributed by atoms with van der Waals surface area (Å²) in [6.45, 7) is -0.870. The standard InChI is InChI=1S/C27H55O12P/c1-2-3-4-5-6-7-8-9-10-11-12-13-14-15-16-17-25(32)37-20-22(18-28)39-40(35,36)38-21-24(31)27(34)26(33)23(30)19-29/h22-24,26-31,33-34H,2-21H2,1H3,(H,35,36)/t22-,23+,24+,26+,27+/m0/s1. The molecule has 0 aliphatic heterocycles. The summed E-state index contributed by atoms with van der Waals surface area (Å²) in [6.07, 6.45) is 9.37. The van der Waals surface area contributed by atoms with E-state index in [2.05, 4.69) is 11.4 Å². The van der Waals surface area contributed by atoms with Gasteiger partial charge in [0.1, 0.15) is 37.1 Å². The van der Waals surface area contributed by atoms with Crippen LogP contribution in [0.15, 0.2) is 0 Å². The molecule has 0 radical (unpaired) electrons. The molecular weight excluding hydrogens is 547 g/mol. The van der Waals surface area contributed by atoms with Crippen LogP contribution in [0.4, 0.5) is 0 Å². The van der Waals surface area contributed by atoms with Crippen molar-refractivity contribution in [3.8, 4) is 0 Å². The first kappa shape index (κ1) is 39.3. The molecule has 240 valence electrons. The van der Waals surface area contributed by atoms with Gasteiger partial charge in [-0.3, -0.25) is 13.8 Å². The van der Waals surface area contributed by atoms with Crippen molar-refractivity contribution in [2.24, 2.45) is 0 Å². The largest absolute Gasteiger partial charge is 0.472 e. The van der Waals surface area contributed by atoms with Crippen LogP contribution in [-0.4, -0.2) is 98.4 Å². The number of carbonyl (C=O) groups is 1. The Balaban J connectivity index is 3.92. The molecule has 0 rings (SSSR count). The van der Waals surface area contributed by atoms with Gasteiger partial charge in [0.05, 0.1) is 19.8 Å². The molecule has 0 heterocycles. The maximum atomic E-state index is 12.1. The maximum absolute atomic E-state index is 12.1. The molecule has 0 spiro atoms. The third-order valence-electron chi connectivity index (χ3n) is 6.63. The molecule has 0 saturated heterocycles. The van der Waals surface area contributed by atoms with Gasteiger partial charge >= 0.3 is 13.8 Å². The number of hydrogen-bond donors (Lipinski definition) is 7. The number of ether oxygens (including phenoxy) is 1. The summed E-state index contributed by atoms with van der Waals surface area (Å²) < 4.78 is 26.4. The highest BCUT2D eigenvalue weighted by molar-refractivity contribution is 7.47. The number of phosphoric acid groups is 1. The number of aliphatic hydroxyl groups is 6. The van der Waals surface area contributed by atoms with Crippen LogP contribution >= 0.6 is 7.82 Å². The van der Waals surface area contributed by atoms with E-state index in [0.717, 1.165) is 19.3 Å². The highest BCUT2D eigenvalue weighted by Crippen LogP contribution is 2.44. The zero-order valence-corrected chi connectivity index (χ0v) is 25.0. The molecule has 1 unspecified atom stereocenters. The molecule has 7 N–H and O–H groups in total. The Kier molecular flexibility index (Phi) is 24.5. The SMILES string of the molecule is CCCCCCCCCCCCCCCCCC(=O)OC[C@H](CO)OP(=O)(O)OC[C@@H](O)[C@@H](O)[C@H](O)[C@H](O)CO. The van der Waals surface area contributed by atoms with Crippen molar-refractivity contribution in [3.63, 3.8) is 0 Å². The Labute approximate surface area is 239 Å². The zero-order valence-electron chi connectivity index (χ0n) is 24.1. The van der Waals surface area contributed by atoms with Crippen LogP contribution in [0.2, 0.25) is 0 Å². The van der Waals surface area contributed by atoms with E-state index in [1.807, 2.05) is 0 Å². The summed E-state index contributed by atoms with van der Waals surface area (Å²) in [7, 11) is -4.85. The number of rotatable bonds is 28. The topological polar surface area (TPSA) is 203 Å². The summed E-state index contributed by atoms with van der Waals surface area (Å²) in [5, 5.41) is 56.4. The summed E-state index contributed by atoms with van der Waals surface area (Å²) in [4.78, 5) is 21.7. The predicted molar refractivity (Wildman–Crippen MR) is 149 cm³/mol. The molecule has 13 heteroatoms. The minimum atomic E-state index is -4.85. The van der Waals surface area contributed by atoms with Gasteiger partial charge in [-0.2, -0.15) is 0 Å². The third-order valence-corrected chi connectivity index (χ3v) is 7.67. The number of esters is 1. The second-order valence-corrected chi connectivity index (χ2v) is 11.8. The molecule has 0 aliphatic carbocycles. The van der Waals surface area contributed by atoms with Gasteiger partial charge in [-0.05, 0) is 6.42 Å². The highest BCUT2D eigenvalue weighted by Gasteiger charge is 2.33. The van der Waals surface area contributed by atoms with E-state index in [1.165, 1.54) is 70.6 Å². The van der Waals surface area contributed by atoms with Gasteiger partial charge in [-0.1, -0.05) is 96.8 Å². The van der Waals surface area contributed by atoms with Gasteiger partial charge in [-0.25, -0.2) is 4.57 Å². The van der Waals surface area contributed by atoms with Crippen molar-refractivity contribution in [1.82, 2.24) is 0 Å². The first-order valence-corrected chi connectivity index (χ1v) is 16.3. The van der Waals surface area contributed by atoms with Gasteiger partial charge in [0.25, 0.3) is 0 Å². The lowest BCUT2D eigenvalue weighted by Crippen LogP contribution is -2.47. The summed E-state index contributed by atoms with van der Waals surface area (Å²) >= 11 is 0. The van der Waals surface area contributed by atoms with Crippen LogP contribution in [0, 0.1) is 0 Å². The van der Waals surface area contributed by atoms with Crippen LogP contribution in [0.3, 0.4) is 0 Å². The number of carbonyl (C=O) groups excluding carboxylic acids is 1. The molecule has 6 atom stereocenters. The van der Waals surface area contributed by atoms with Crippen LogP contribution in [0.1, 0.15) is 110 Å². The Morgan fingerprint density at radius 2 is 1.12 bits per heavy atom. The Morgan fingerprint density at radius 1 is 0.675 bits per heavy atom. The number of aliphatic hydroxyl groups excluding tert-OH is 6. The first-order valence-electron chi connectivity index (χ1n) is 14.8. The Morgan fingerprint density at radius 3 is 1.57 bits per heavy atom. The second-order valence-electron chi connectivity index (χ2n) is 10.4. The maximum Gasteiger partial charge on any atom is 0.472 e. The molecular formula is C27H55O12P. The molecule has 0 amide bonds. The monoisotopic (exact) mass is 602 g/mol. The van der Waals surface area contributed by atoms with Crippen molar-refractivity contribution in [2.75, 3.05) is 26.4 Å². The van der Waals surface area contributed by atoms with Crippen LogP contribution < -0.4 is 0 Å². The smallest absolute Gasteiger partial charge is 0.463 e. The van der Waals surface area contributed by atoms with Crippen molar-refractivity contribution in [3.05, 3.63) is 0 Å². The lowest BCUT2D eigenvalue weighted by atomic mass is 10.0. The number of unbranched alkanes of at least 4 members (excludes halogenated alkanes) is 14. The second kappa shape index (κ2) is 24.9. The van der Waals surface area contributed by atoms with Crippen LogP contribution in [0.25, 0.3) is 0 Å². The zero-order chi connectivity index (χ0) is 30.2. The quantitative estimate of drug-likeness (QED) is 0.0392. The van der Waals surface area contributed by atoms with E-state index in [1.54, 1.807) is 0 Å². The lowest BCUT2D eigenvalue weighted by molar-refractivity contribution is -0.147. The normalized spacial score (nSPS) is 17.1. The van der Waals surface area contributed by atoms with Crippen LogP contribution in [-0.2, 0) is 23.1 Å². The van der Waals surface area contributed by atoms with E-state index >= 15 is 0 Å². The van der Waals surface area contributed by atoms with Crippen LogP contribution in [0.5, 0.6) is 0 Å². The van der Waals surface area contributed by atoms with E-state index in [9.17, 15) is 39.8 Å². The molecule has 0 aromatic carbocycles. The van der Waals surface area contributed by atoms with E-state index in [0.29, 0.717) is 6.42 Å².